The van der Waals surface area contributed by atoms with Crippen molar-refractivity contribution in [3.8, 4) is 11.7 Å². The van der Waals surface area contributed by atoms with Crippen LogP contribution >= 0.6 is 11.6 Å². The number of aromatic nitrogens is 3. The number of hydrogen-bond acceptors (Lipinski definition) is 5. The van der Waals surface area contributed by atoms with Crippen LogP contribution in [0.5, 0.6) is 5.88 Å². The third-order valence-electron chi connectivity index (χ3n) is 4.56. The maximum atomic E-state index is 12.9. The van der Waals surface area contributed by atoms with Crippen LogP contribution in [-0.4, -0.2) is 42.2 Å². The molecule has 0 aromatic carbocycles. The number of pyridine rings is 1. The van der Waals surface area contributed by atoms with Crippen molar-refractivity contribution in [3.05, 3.63) is 35.1 Å². The Morgan fingerprint density at radius 2 is 2.10 bits per heavy atom. The summed E-state index contributed by atoms with van der Waals surface area (Å²) in [6, 6.07) is 4.24. The number of carbonyl (C=O) groups excluding carboxylic acids is 1. The van der Waals surface area contributed by atoms with E-state index in [1.807, 2.05) is 0 Å². The van der Waals surface area contributed by atoms with E-state index in [1.165, 1.54) is 29.1 Å². The molecule has 0 bridgehead atoms. The highest BCUT2D eigenvalue weighted by Crippen LogP contribution is 2.60. The van der Waals surface area contributed by atoms with Gasteiger partial charge in [-0.15, -0.1) is 5.10 Å². The summed E-state index contributed by atoms with van der Waals surface area (Å²) in [6.07, 6.45) is -2.05. The fourth-order valence-electron chi connectivity index (χ4n) is 2.78. The van der Waals surface area contributed by atoms with Gasteiger partial charge in [0.15, 0.2) is 5.82 Å². The summed E-state index contributed by atoms with van der Waals surface area (Å²) in [5.41, 5.74) is -1.65. The van der Waals surface area contributed by atoms with E-state index < -0.39 is 28.8 Å². The van der Waals surface area contributed by atoms with Crippen molar-refractivity contribution < 1.29 is 31.5 Å². The normalized spacial score (nSPS) is 16.3. The van der Waals surface area contributed by atoms with Gasteiger partial charge in [-0.1, -0.05) is 11.6 Å². The Morgan fingerprint density at radius 1 is 1.38 bits per heavy atom. The summed E-state index contributed by atoms with van der Waals surface area (Å²) in [5, 5.41) is 3.90. The van der Waals surface area contributed by atoms with Crippen molar-refractivity contribution in [2.45, 2.75) is 31.9 Å². The first-order valence-electron chi connectivity index (χ1n) is 8.45. The zero-order valence-electron chi connectivity index (χ0n) is 14.8. The van der Waals surface area contributed by atoms with Crippen LogP contribution in [0.3, 0.4) is 0 Å². The highest BCUT2D eigenvalue weighted by Gasteiger charge is 2.62. The van der Waals surface area contributed by atoms with Gasteiger partial charge in [0, 0.05) is 12.3 Å². The Kier molecular flexibility index (Phi) is 6.15. The summed E-state index contributed by atoms with van der Waals surface area (Å²) in [6.45, 7) is 0.0977. The second kappa shape index (κ2) is 8.28. The number of alkyl halides is 3. The second-order valence-electron chi connectivity index (χ2n) is 6.52. The monoisotopic (exact) mass is 452 g/mol. The van der Waals surface area contributed by atoms with Crippen molar-refractivity contribution >= 4 is 28.8 Å². The zero-order valence-corrected chi connectivity index (χ0v) is 16.4. The van der Waals surface area contributed by atoms with E-state index in [0.29, 0.717) is 0 Å². The SMILES string of the molecule is O=C(NS(=O)O)c1ccc(-n2ccc(OCCCC3(C(F)(F)F)CC3)n2)nc1Cl. The van der Waals surface area contributed by atoms with Crippen LogP contribution in [0.1, 0.15) is 36.0 Å². The van der Waals surface area contributed by atoms with Crippen molar-refractivity contribution in [2.75, 3.05) is 6.61 Å². The lowest BCUT2D eigenvalue weighted by atomic mass is 10.0. The minimum atomic E-state index is -4.17. The summed E-state index contributed by atoms with van der Waals surface area (Å²) >= 11 is 3.40. The van der Waals surface area contributed by atoms with Gasteiger partial charge >= 0.3 is 6.18 Å². The third kappa shape index (κ3) is 5.06. The Bertz CT molecular complexity index is 933. The number of nitrogens with zero attached hydrogens (tertiary/aromatic N) is 3. The molecule has 1 fully saturated rings. The van der Waals surface area contributed by atoms with Gasteiger partial charge in [-0.05, 0) is 37.8 Å². The fourth-order valence-corrected chi connectivity index (χ4v) is 3.29. The van der Waals surface area contributed by atoms with E-state index in [4.69, 9.17) is 20.9 Å². The molecule has 3 rings (SSSR count). The summed E-state index contributed by atoms with van der Waals surface area (Å²) in [7, 11) is 0. The summed E-state index contributed by atoms with van der Waals surface area (Å²) in [4.78, 5) is 15.7. The molecule has 2 aromatic rings. The van der Waals surface area contributed by atoms with Crippen molar-refractivity contribution in [2.24, 2.45) is 5.41 Å². The van der Waals surface area contributed by atoms with E-state index in [1.54, 1.807) is 4.72 Å². The fraction of sp³-hybridized carbons (Fsp3) is 0.438. The molecule has 158 valence electrons. The van der Waals surface area contributed by atoms with Gasteiger partial charge in [0.05, 0.1) is 17.6 Å². The summed E-state index contributed by atoms with van der Waals surface area (Å²) in [5.74, 6) is -0.413. The molecule has 8 nitrogen and oxygen atoms in total. The van der Waals surface area contributed by atoms with Crippen LogP contribution in [0.2, 0.25) is 5.15 Å². The molecule has 1 aliphatic rings. The topological polar surface area (TPSA) is 106 Å². The molecule has 0 spiro atoms. The maximum absolute atomic E-state index is 12.9. The molecule has 0 aliphatic heterocycles. The van der Waals surface area contributed by atoms with Gasteiger partial charge in [-0.3, -0.25) is 9.35 Å². The Balaban J connectivity index is 1.56. The molecule has 2 aromatic heterocycles. The van der Waals surface area contributed by atoms with Crippen LogP contribution in [0.15, 0.2) is 24.4 Å². The number of hydrogen-bond donors (Lipinski definition) is 2. The molecule has 0 radical (unpaired) electrons. The number of nitrogens with one attached hydrogen (secondary N) is 1. The van der Waals surface area contributed by atoms with Crippen LogP contribution in [0.25, 0.3) is 5.82 Å². The first-order chi connectivity index (χ1) is 13.6. The highest BCUT2D eigenvalue weighted by atomic mass is 35.5. The predicted molar refractivity (Wildman–Crippen MR) is 97.1 cm³/mol. The molecular weight excluding hydrogens is 437 g/mol. The molecule has 1 saturated carbocycles. The molecular formula is C16H16ClF3N4O4S. The lowest BCUT2D eigenvalue weighted by Gasteiger charge is -2.18. The Hall–Kier alpha value is -2.18. The molecule has 1 unspecified atom stereocenters. The first kappa shape index (κ1) is 21.5. The second-order valence-corrected chi connectivity index (χ2v) is 7.58. The van der Waals surface area contributed by atoms with E-state index in [0.717, 1.165) is 0 Å². The first-order valence-corrected chi connectivity index (χ1v) is 9.94. The average Bonchev–Trinajstić information content (AvgIpc) is 3.28. The average molecular weight is 453 g/mol. The van der Waals surface area contributed by atoms with Gasteiger partial charge in [-0.2, -0.15) is 13.2 Å². The predicted octanol–water partition coefficient (Wildman–Crippen LogP) is 3.29. The minimum absolute atomic E-state index is 0.0243. The lowest BCUT2D eigenvalue weighted by Crippen LogP contribution is -2.25. The van der Waals surface area contributed by atoms with Crippen molar-refractivity contribution in [1.29, 1.82) is 0 Å². The van der Waals surface area contributed by atoms with Gasteiger partial charge < -0.3 is 4.74 Å². The smallest absolute Gasteiger partial charge is 0.394 e. The molecule has 13 heteroatoms. The minimum Gasteiger partial charge on any atom is -0.477 e. The molecule has 29 heavy (non-hydrogen) atoms. The molecule has 2 N–H and O–H groups in total. The quantitative estimate of drug-likeness (QED) is 0.361. The third-order valence-corrected chi connectivity index (χ3v) is 5.21. The Labute approximate surface area is 170 Å². The van der Waals surface area contributed by atoms with Crippen LogP contribution in [0, 0.1) is 5.41 Å². The summed E-state index contributed by atoms with van der Waals surface area (Å²) < 4.78 is 66.4. The largest absolute Gasteiger partial charge is 0.477 e. The van der Waals surface area contributed by atoms with Crippen molar-refractivity contribution in [3.63, 3.8) is 0 Å². The molecule has 2 heterocycles. The number of rotatable bonds is 8. The molecule has 1 amide bonds. The highest BCUT2D eigenvalue weighted by molar-refractivity contribution is 7.77. The van der Waals surface area contributed by atoms with Gasteiger partial charge in [0.25, 0.3) is 17.2 Å². The number of carbonyl (C=O) groups is 1. The van der Waals surface area contributed by atoms with Crippen LogP contribution in [0.4, 0.5) is 13.2 Å². The van der Waals surface area contributed by atoms with Gasteiger partial charge in [-0.25, -0.2) is 18.6 Å². The van der Waals surface area contributed by atoms with E-state index in [-0.39, 0.29) is 54.7 Å². The lowest BCUT2D eigenvalue weighted by molar-refractivity contribution is -0.189. The maximum Gasteiger partial charge on any atom is 0.394 e. The number of halogens is 4. The van der Waals surface area contributed by atoms with E-state index >= 15 is 0 Å². The standard InChI is InChI=1S/C16H16ClF3N4O4S/c17-13-10(14(25)23-29(26)27)2-3-11(21-13)24-8-4-12(22-24)28-9-1-5-15(6-7-15)16(18,19)20/h2-4,8H,1,5-7,9H2,(H,23,25)(H,26,27). The van der Waals surface area contributed by atoms with Gasteiger partial charge in [0.1, 0.15) is 5.15 Å². The molecule has 1 atom stereocenters. The van der Waals surface area contributed by atoms with Crippen LogP contribution < -0.4 is 9.46 Å². The van der Waals surface area contributed by atoms with E-state index in [9.17, 15) is 22.2 Å². The zero-order chi connectivity index (χ0) is 21.2. The van der Waals surface area contributed by atoms with Gasteiger partial charge in [0.2, 0.25) is 5.88 Å². The van der Waals surface area contributed by atoms with Crippen molar-refractivity contribution in [1.82, 2.24) is 19.5 Å². The number of ether oxygens (including phenoxy) is 1. The Morgan fingerprint density at radius 3 is 2.69 bits per heavy atom. The molecule has 1 aliphatic carbocycles. The molecule has 0 saturated heterocycles. The van der Waals surface area contributed by atoms with E-state index in [2.05, 4.69) is 10.1 Å². The van der Waals surface area contributed by atoms with Crippen LogP contribution in [-0.2, 0) is 11.3 Å². The number of amides is 1.